The maximum atomic E-state index is 12.0. The van der Waals surface area contributed by atoms with Crippen LogP contribution in [0, 0.1) is 0 Å². The highest BCUT2D eigenvalue weighted by Crippen LogP contribution is 2.22. The van der Waals surface area contributed by atoms with Gasteiger partial charge in [-0.3, -0.25) is 9.69 Å². The van der Waals surface area contributed by atoms with Crippen molar-refractivity contribution in [1.29, 1.82) is 0 Å². The maximum absolute atomic E-state index is 12.0. The fourth-order valence-electron chi connectivity index (χ4n) is 2.04. The van der Waals surface area contributed by atoms with Gasteiger partial charge < -0.3 is 10.1 Å². The molecule has 1 aliphatic heterocycles. The third-order valence-electron chi connectivity index (χ3n) is 2.83. The number of amides is 2. The van der Waals surface area contributed by atoms with E-state index >= 15 is 0 Å². The molecule has 1 atom stereocenters. The lowest BCUT2D eigenvalue weighted by Crippen LogP contribution is -2.40. The van der Waals surface area contributed by atoms with Crippen LogP contribution in [0.1, 0.15) is 27.2 Å². The highest BCUT2D eigenvalue weighted by atomic mass is 35.5. The Bertz CT molecular complexity index is 557. The van der Waals surface area contributed by atoms with Gasteiger partial charge in [0.2, 0.25) is 5.91 Å². The van der Waals surface area contributed by atoms with Gasteiger partial charge in [-0.1, -0.05) is 11.6 Å². The van der Waals surface area contributed by atoms with Gasteiger partial charge in [0.1, 0.15) is 11.4 Å². The lowest BCUT2D eigenvalue weighted by Gasteiger charge is -2.21. The Morgan fingerprint density at radius 1 is 1.52 bits per heavy atom. The first-order valence-corrected chi connectivity index (χ1v) is 7.04. The molecule has 1 aromatic heterocycles. The fraction of sp³-hybridized carbons (Fsp3) is 0.500. The molecule has 0 bridgehead atoms. The van der Waals surface area contributed by atoms with Gasteiger partial charge >= 0.3 is 6.09 Å². The molecule has 1 aromatic rings. The summed E-state index contributed by atoms with van der Waals surface area (Å²) in [5.74, 6) is 0.381. The van der Waals surface area contributed by atoms with Crippen molar-refractivity contribution < 1.29 is 14.3 Å². The number of carbonyl (C=O) groups is 2. The average molecular weight is 312 g/mol. The second-order valence-corrected chi connectivity index (χ2v) is 6.32. The standard InChI is InChI=1S/C14H18ClN3O3/c1-14(2,3)21-13(20)17-10-7-12(19)18(8-10)11-6-9(15)4-5-16-11/h4-6,10H,7-8H2,1-3H3,(H,17,20). The van der Waals surface area contributed by atoms with Gasteiger partial charge in [-0.15, -0.1) is 0 Å². The summed E-state index contributed by atoms with van der Waals surface area (Å²) >= 11 is 5.90. The first-order chi connectivity index (χ1) is 9.74. The van der Waals surface area contributed by atoms with E-state index in [0.717, 1.165) is 0 Å². The van der Waals surface area contributed by atoms with Crippen LogP contribution in [0.5, 0.6) is 0 Å². The predicted octanol–water partition coefficient (Wildman–Crippen LogP) is 2.37. The average Bonchev–Trinajstić information content (AvgIpc) is 2.67. The van der Waals surface area contributed by atoms with E-state index in [1.165, 1.54) is 4.90 Å². The summed E-state index contributed by atoms with van der Waals surface area (Å²) in [6.07, 6.45) is 1.23. The van der Waals surface area contributed by atoms with Crippen molar-refractivity contribution in [3.63, 3.8) is 0 Å². The highest BCUT2D eigenvalue weighted by Gasteiger charge is 2.33. The van der Waals surface area contributed by atoms with Gasteiger partial charge in [-0.2, -0.15) is 0 Å². The van der Waals surface area contributed by atoms with Crippen molar-refractivity contribution in [3.05, 3.63) is 23.4 Å². The Morgan fingerprint density at radius 3 is 2.86 bits per heavy atom. The van der Waals surface area contributed by atoms with Crippen LogP contribution in [-0.4, -0.2) is 35.2 Å². The van der Waals surface area contributed by atoms with Crippen LogP contribution in [0.2, 0.25) is 5.02 Å². The minimum Gasteiger partial charge on any atom is -0.444 e. The quantitative estimate of drug-likeness (QED) is 0.910. The summed E-state index contributed by atoms with van der Waals surface area (Å²) < 4.78 is 5.18. The molecule has 7 heteroatoms. The molecule has 1 fully saturated rings. The number of nitrogens with one attached hydrogen (secondary N) is 1. The van der Waals surface area contributed by atoms with Crippen molar-refractivity contribution in [3.8, 4) is 0 Å². The molecule has 0 spiro atoms. The first kappa shape index (κ1) is 15.6. The fourth-order valence-corrected chi connectivity index (χ4v) is 2.20. The Morgan fingerprint density at radius 2 is 2.24 bits per heavy atom. The van der Waals surface area contributed by atoms with Gasteiger partial charge in [0, 0.05) is 24.2 Å². The largest absolute Gasteiger partial charge is 0.444 e. The SMILES string of the molecule is CC(C)(C)OC(=O)NC1CC(=O)N(c2cc(Cl)ccn2)C1. The van der Waals surface area contributed by atoms with Crippen molar-refractivity contribution in [2.24, 2.45) is 0 Å². The summed E-state index contributed by atoms with van der Waals surface area (Å²) in [7, 11) is 0. The molecule has 114 valence electrons. The van der Waals surface area contributed by atoms with E-state index in [1.807, 2.05) is 0 Å². The lowest BCUT2D eigenvalue weighted by molar-refractivity contribution is -0.117. The molecule has 1 saturated heterocycles. The second kappa shape index (κ2) is 5.89. The van der Waals surface area contributed by atoms with Gasteiger partial charge in [-0.25, -0.2) is 9.78 Å². The molecule has 0 radical (unpaired) electrons. The summed E-state index contributed by atoms with van der Waals surface area (Å²) in [4.78, 5) is 29.4. The minimum absolute atomic E-state index is 0.106. The van der Waals surface area contributed by atoms with E-state index in [2.05, 4.69) is 10.3 Å². The Labute approximate surface area is 128 Å². The van der Waals surface area contributed by atoms with Crippen molar-refractivity contribution in [1.82, 2.24) is 10.3 Å². The van der Waals surface area contributed by atoms with Crippen LogP contribution in [-0.2, 0) is 9.53 Å². The zero-order valence-electron chi connectivity index (χ0n) is 12.2. The Balaban J connectivity index is 1.98. The third kappa shape index (κ3) is 4.32. The molecule has 2 amide bonds. The number of ether oxygens (including phenoxy) is 1. The van der Waals surface area contributed by atoms with E-state index in [-0.39, 0.29) is 18.4 Å². The predicted molar refractivity (Wildman–Crippen MR) is 79.4 cm³/mol. The highest BCUT2D eigenvalue weighted by molar-refractivity contribution is 6.30. The van der Waals surface area contributed by atoms with Crippen LogP contribution in [0.3, 0.4) is 0 Å². The Kier molecular flexibility index (Phi) is 4.37. The second-order valence-electron chi connectivity index (χ2n) is 5.88. The van der Waals surface area contributed by atoms with E-state index in [1.54, 1.807) is 39.1 Å². The van der Waals surface area contributed by atoms with Crippen LogP contribution in [0.25, 0.3) is 0 Å². The molecule has 6 nitrogen and oxygen atoms in total. The van der Waals surface area contributed by atoms with Crippen LogP contribution >= 0.6 is 11.6 Å². The van der Waals surface area contributed by atoms with E-state index in [4.69, 9.17) is 16.3 Å². The zero-order valence-corrected chi connectivity index (χ0v) is 13.0. The summed E-state index contributed by atoms with van der Waals surface area (Å²) in [6, 6.07) is 2.96. The molecule has 0 saturated carbocycles. The molecule has 0 aliphatic carbocycles. The topological polar surface area (TPSA) is 71.5 Å². The summed E-state index contributed by atoms with van der Waals surface area (Å²) in [5, 5.41) is 3.21. The monoisotopic (exact) mass is 311 g/mol. The Hall–Kier alpha value is -1.82. The molecule has 21 heavy (non-hydrogen) atoms. The number of pyridine rings is 1. The van der Waals surface area contributed by atoms with Crippen LogP contribution < -0.4 is 10.2 Å². The lowest BCUT2D eigenvalue weighted by atomic mass is 10.2. The molecule has 2 heterocycles. The van der Waals surface area contributed by atoms with Crippen molar-refractivity contribution >= 4 is 29.4 Å². The van der Waals surface area contributed by atoms with E-state index in [0.29, 0.717) is 17.4 Å². The number of rotatable bonds is 2. The van der Waals surface area contributed by atoms with Crippen molar-refractivity contribution in [2.45, 2.75) is 38.8 Å². The zero-order chi connectivity index (χ0) is 15.6. The molecule has 0 aromatic carbocycles. The van der Waals surface area contributed by atoms with Crippen LogP contribution in [0.15, 0.2) is 18.3 Å². The van der Waals surface area contributed by atoms with Gasteiger partial charge in [0.25, 0.3) is 0 Å². The summed E-state index contributed by atoms with van der Waals surface area (Å²) in [5.41, 5.74) is -0.569. The van der Waals surface area contributed by atoms with Crippen LogP contribution in [0.4, 0.5) is 10.6 Å². The molecule has 1 aliphatic rings. The molecular weight excluding hydrogens is 294 g/mol. The molecule has 1 N–H and O–H groups in total. The molecule has 2 rings (SSSR count). The van der Waals surface area contributed by atoms with Gasteiger partial charge in [0.05, 0.1) is 6.04 Å². The number of anilines is 1. The number of aromatic nitrogens is 1. The minimum atomic E-state index is -0.569. The van der Waals surface area contributed by atoms with Crippen molar-refractivity contribution in [2.75, 3.05) is 11.4 Å². The number of hydrogen-bond acceptors (Lipinski definition) is 4. The van der Waals surface area contributed by atoms with Gasteiger partial charge in [-0.05, 0) is 32.9 Å². The number of hydrogen-bond donors (Lipinski definition) is 1. The normalized spacial score (nSPS) is 18.8. The molecule has 1 unspecified atom stereocenters. The van der Waals surface area contributed by atoms with E-state index in [9.17, 15) is 9.59 Å². The number of alkyl carbamates (subject to hydrolysis) is 1. The summed E-state index contributed by atoms with van der Waals surface area (Å²) in [6.45, 7) is 5.71. The number of nitrogens with zero attached hydrogens (tertiary/aromatic N) is 2. The first-order valence-electron chi connectivity index (χ1n) is 6.66. The number of halogens is 1. The number of carbonyl (C=O) groups excluding carboxylic acids is 2. The van der Waals surface area contributed by atoms with E-state index < -0.39 is 11.7 Å². The maximum Gasteiger partial charge on any atom is 0.407 e. The molecular formula is C14H18ClN3O3. The smallest absolute Gasteiger partial charge is 0.407 e. The third-order valence-corrected chi connectivity index (χ3v) is 3.07. The van der Waals surface area contributed by atoms with Gasteiger partial charge in [0.15, 0.2) is 0 Å².